The third-order valence-corrected chi connectivity index (χ3v) is 10.0. The number of nitrogens with two attached hydrogens (primary N) is 1. The number of Topliss-reactive ketones (excluding diaryl/α,β-unsaturated/α-hetero) is 1. The third kappa shape index (κ3) is 9.23. The number of hydrogen-bond acceptors (Lipinski definition) is 8. The topological polar surface area (TPSA) is 121 Å². The molecule has 1 aromatic rings. The van der Waals surface area contributed by atoms with Gasteiger partial charge in [0.1, 0.15) is 18.0 Å². The summed E-state index contributed by atoms with van der Waals surface area (Å²) < 4.78 is 17.5. The largest absolute Gasteiger partial charge is 0.497 e. The highest BCUT2D eigenvalue weighted by molar-refractivity contribution is 5.89. The number of aliphatic imine (C=N–C) groups is 1. The number of unbranched alkanes of at least 4 members (excludes halogenated alkanes) is 3. The van der Waals surface area contributed by atoms with Gasteiger partial charge in [0.25, 0.3) is 6.47 Å². The van der Waals surface area contributed by atoms with Gasteiger partial charge in [0, 0.05) is 24.8 Å². The van der Waals surface area contributed by atoms with Gasteiger partial charge in [-0.15, -0.1) is 0 Å². The number of rotatable bonds is 15. The second-order valence-corrected chi connectivity index (χ2v) is 14.9. The van der Waals surface area contributed by atoms with Crippen molar-refractivity contribution in [3.63, 3.8) is 0 Å². The lowest BCUT2D eigenvalue weighted by molar-refractivity contribution is -0.139. The zero-order valence-corrected chi connectivity index (χ0v) is 28.3. The Bertz CT molecular complexity index is 1220. The Kier molecular flexibility index (Phi) is 11.6. The number of ether oxygens (including phenoxy) is 3. The maximum atomic E-state index is 13.4. The van der Waals surface area contributed by atoms with Crippen LogP contribution in [0.3, 0.4) is 0 Å². The van der Waals surface area contributed by atoms with E-state index < -0.39 is 6.04 Å². The van der Waals surface area contributed by atoms with Crippen molar-refractivity contribution < 1.29 is 28.6 Å². The van der Waals surface area contributed by atoms with Crippen LogP contribution in [0.25, 0.3) is 0 Å². The minimum atomic E-state index is -0.504. The standard InChI is InChI=1S/C36H55N3O6/c1-7-27-31(22-39(34(27)24(2)41)33(42)21-35(3,4)5)45-32(38-29-18-26(43-6)14-15-28(29)37)13-11-9-8-10-12-25-19-36(16-17-36)20-30(25)44-23-40/h14-15,18,23,25,27,30-31,34H,7-13,16-17,19-22,37H2,1-6H3/t25-,27-,30-,31+,34-/m1/s1. The van der Waals surface area contributed by atoms with E-state index in [0.717, 1.165) is 38.5 Å². The Morgan fingerprint density at radius 2 is 1.84 bits per heavy atom. The predicted octanol–water partition coefficient (Wildman–Crippen LogP) is 7.03. The van der Waals surface area contributed by atoms with Crippen molar-refractivity contribution in [3.05, 3.63) is 18.2 Å². The number of ketones is 1. The summed E-state index contributed by atoms with van der Waals surface area (Å²) >= 11 is 0. The highest BCUT2D eigenvalue weighted by atomic mass is 16.5. The molecule has 5 atom stereocenters. The minimum absolute atomic E-state index is 0.0126. The zero-order valence-electron chi connectivity index (χ0n) is 28.3. The molecule has 1 amide bonds. The van der Waals surface area contributed by atoms with Crippen molar-refractivity contribution in [1.29, 1.82) is 0 Å². The molecular weight excluding hydrogens is 570 g/mol. The predicted molar refractivity (Wildman–Crippen MR) is 176 cm³/mol. The number of amides is 1. The second kappa shape index (κ2) is 15.0. The number of carbonyl (C=O) groups is 3. The first-order valence-corrected chi connectivity index (χ1v) is 17.0. The van der Waals surface area contributed by atoms with Crippen molar-refractivity contribution >= 4 is 35.4 Å². The van der Waals surface area contributed by atoms with Crippen LogP contribution in [-0.2, 0) is 23.9 Å². The molecule has 1 spiro atoms. The van der Waals surface area contributed by atoms with E-state index in [0.29, 0.717) is 66.6 Å². The fourth-order valence-electron chi connectivity index (χ4n) is 7.52. The Labute approximate surface area is 269 Å². The van der Waals surface area contributed by atoms with Crippen LogP contribution in [0, 0.1) is 22.7 Å². The van der Waals surface area contributed by atoms with Crippen LogP contribution in [-0.4, -0.2) is 60.9 Å². The van der Waals surface area contributed by atoms with Gasteiger partial charge in [-0.2, -0.15) is 0 Å². The fraction of sp³-hybridized carbons (Fsp3) is 0.722. The minimum Gasteiger partial charge on any atom is -0.497 e. The molecule has 2 saturated carbocycles. The molecule has 4 rings (SSSR count). The Morgan fingerprint density at radius 1 is 1.11 bits per heavy atom. The Morgan fingerprint density at radius 3 is 2.47 bits per heavy atom. The number of hydrogen-bond donors (Lipinski definition) is 1. The van der Waals surface area contributed by atoms with Crippen molar-refractivity contribution in [3.8, 4) is 5.75 Å². The van der Waals surface area contributed by atoms with Crippen LogP contribution in [0.1, 0.15) is 112 Å². The number of carbonyl (C=O) groups excluding carboxylic acids is 3. The van der Waals surface area contributed by atoms with Gasteiger partial charge >= 0.3 is 0 Å². The first kappa shape index (κ1) is 34.8. The molecule has 0 unspecified atom stereocenters. The summed E-state index contributed by atoms with van der Waals surface area (Å²) in [6.45, 7) is 10.7. The summed E-state index contributed by atoms with van der Waals surface area (Å²) in [6.07, 6.45) is 11.4. The first-order valence-electron chi connectivity index (χ1n) is 17.0. The number of benzene rings is 1. The van der Waals surface area contributed by atoms with E-state index in [-0.39, 0.29) is 35.2 Å². The van der Waals surface area contributed by atoms with E-state index in [1.54, 1.807) is 37.1 Å². The van der Waals surface area contributed by atoms with E-state index in [9.17, 15) is 14.4 Å². The molecule has 0 aromatic heterocycles. The zero-order chi connectivity index (χ0) is 32.8. The number of anilines is 1. The van der Waals surface area contributed by atoms with Gasteiger partial charge < -0.3 is 24.8 Å². The highest BCUT2D eigenvalue weighted by Gasteiger charge is 2.53. The van der Waals surface area contributed by atoms with Crippen LogP contribution >= 0.6 is 0 Å². The Hall–Kier alpha value is -3.10. The van der Waals surface area contributed by atoms with Crippen LogP contribution in [0.15, 0.2) is 23.2 Å². The summed E-state index contributed by atoms with van der Waals surface area (Å²) in [7, 11) is 1.61. The van der Waals surface area contributed by atoms with Crippen molar-refractivity contribution in [1.82, 2.24) is 4.90 Å². The molecule has 2 N–H and O–H groups in total. The normalized spacial score (nSPS) is 25.8. The maximum absolute atomic E-state index is 13.4. The molecule has 250 valence electrons. The van der Waals surface area contributed by atoms with Crippen LogP contribution in [0.5, 0.6) is 5.75 Å². The van der Waals surface area contributed by atoms with Crippen LogP contribution in [0.2, 0.25) is 0 Å². The molecule has 1 saturated heterocycles. The van der Waals surface area contributed by atoms with E-state index in [4.69, 9.17) is 24.9 Å². The number of nitrogens with zero attached hydrogens (tertiary/aromatic N) is 2. The first-order chi connectivity index (χ1) is 21.4. The van der Waals surface area contributed by atoms with Gasteiger partial charge in [0.15, 0.2) is 11.7 Å². The molecule has 0 bridgehead atoms. The van der Waals surface area contributed by atoms with Crippen molar-refractivity contribution in [2.24, 2.45) is 27.7 Å². The van der Waals surface area contributed by atoms with Crippen LogP contribution < -0.4 is 10.5 Å². The van der Waals surface area contributed by atoms with Gasteiger partial charge in [0.2, 0.25) is 5.91 Å². The molecule has 2 aliphatic carbocycles. The average Bonchev–Trinajstić information content (AvgIpc) is 3.48. The SMILES string of the molecule is CC[C@@H]1[C@@H](OC(CCCCCC[C@@H]2CC3(CC3)C[C@H]2OC=O)=Nc2cc(OC)ccc2N)CN(C(=O)CC(C)(C)C)[C@@H]1C(C)=O. The molecule has 1 heterocycles. The van der Waals surface area contributed by atoms with Crippen molar-refractivity contribution in [2.75, 3.05) is 19.4 Å². The van der Waals surface area contributed by atoms with Gasteiger partial charge in [-0.1, -0.05) is 47.0 Å². The molecule has 1 aromatic carbocycles. The molecule has 0 radical (unpaired) electrons. The van der Waals surface area contributed by atoms with Crippen LogP contribution in [0.4, 0.5) is 11.4 Å². The monoisotopic (exact) mass is 625 g/mol. The summed E-state index contributed by atoms with van der Waals surface area (Å²) in [5, 5.41) is 0. The number of likely N-dealkylation sites (tertiary alicyclic amines) is 1. The van der Waals surface area contributed by atoms with Gasteiger partial charge in [-0.05, 0) is 80.8 Å². The van der Waals surface area contributed by atoms with Gasteiger partial charge in [-0.25, -0.2) is 4.99 Å². The van der Waals surface area contributed by atoms with E-state index in [2.05, 4.69) is 0 Å². The molecule has 3 aliphatic rings. The average molecular weight is 626 g/mol. The molecule has 9 nitrogen and oxygen atoms in total. The lowest BCUT2D eigenvalue weighted by Crippen LogP contribution is -2.43. The number of nitrogen functional groups attached to an aromatic ring is 1. The third-order valence-electron chi connectivity index (χ3n) is 10.0. The van der Waals surface area contributed by atoms with E-state index >= 15 is 0 Å². The van der Waals surface area contributed by atoms with Gasteiger partial charge in [0.05, 0.1) is 31.1 Å². The quantitative estimate of drug-likeness (QED) is 0.0731. The lowest BCUT2D eigenvalue weighted by Gasteiger charge is -2.28. The van der Waals surface area contributed by atoms with Gasteiger partial charge in [-0.3, -0.25) is 14.4 Å². The molecule has 3 fully saturated rings. The summed E-state index contributed by atoms with van der Waals surface area (Å²) in [5.74, 6) is 1.54. The molecule has 9 heteroatoms. The van der Waals surface area contributed by atoms with Crippen molar-refractivity contribution in [2.45, 2.75) is 130 Å². The molecule has 45 heavy (non-hydrogen) atoms. The van der Waals surface area contributed by atoms with E-state index in [1.807, 2.05) is 27.7 Å². The lowest BCUT2D eigenvalue weighted by atomic mass is 9.90. The maximum Gasteiger partial charge on any atom is 0.293 e. The van der Waals surface area contributed by atoms with E-state index in [1.165, 1.54) is 19.3 Å². The smallest absolute Gasteiger partial charge is 0.293 e. The number of methoxy groups -OCH3 is 1. The summed E-state index contributed by atoms with van der Waals surface area (Å²) in [5.41, 5.74) is 7.67. The second-order valence-electron chi connectivity index (χ2n) is 14.9. The summed E-state index contributed by atoms with van der Waals surface area (Å²) in [4.78, 5) is 43.9. The highest BCUT2D eigenvalue weighted by Crippen LogP contribution is 2.61. The molecular formula is C36H55N3O6. The molecule has 1 aliphatic heterocycles. The fourth-order valence-corrected chi connectivity index (χ4v) is 7.52. The summed E-state index contributed by atoms with van der Waals surface area (Å²) in [6, 6.07) is 4.87. The Balaban J connectivity index is 1.43.